The maximum Gasteiger partial charge on any atom is 0.271 e. The lowest BCUT2D eigenvalue weighted by atomic mass is 10.0. The standard InChI is InChI=1S/C23H19N3O4S2/c1-15(27)24-18-8-4-9-19(14-18)25-23(28)20-12-16-6-2-3-7-17(16)13-21(20)26-32(29,30)22-10-5-11-31-22/h2-14,26H,1H3,(H,24,27)(H,25,28). The van der Waals surface area contributed by atoms with Crippen molar-refractivity contribution in [2.24, 2.45) is 0 Å². The van der Waals surface area contributed by atoms with Crippen LogP contribution in [0.25, 0.3) is 10.8 Å². The van der Waals surface area contributed by atoms with Crippen LogP contribution >= 0.6 is 11.3 Å². The molecule has 0 unspecified atom stereocenters. The van der Waals surface area contributed by atoms with Gasteiger partial charge < -0.3 is 10.6 Å². The van der Waals surface area contributed by atoms with Gasteiger partial charge in [0.15, 0.2) is 0 Å². The molecular weight excluding hydrogens is 446 g/mol. The van der Waals surface area contributed by atoms with Gasteiger partial charge in [0, 0.05) is 18.3 Å². The molecule has 0 spiro atoms. The third-order valence-electron chi connectivity index (χ3n) is 4.58. The SMILES string of the molecule is CC(=O)Nc1cccc(NC(=O)c2cc3ccccc3cc2NS(=O)(=O)c2cccs2)c1. The molecule has 1 aromatic heterocycles. The summed E-state index contributed by atoms with van der Waals surface area (Å²) in [5.41, 5.74) is 1.34. The molecule has 4 rings (SSSR count). The first-order chi connectivity index (χ1) is 15.3. The smallest absolute Gasteiger partial charge is 0.271 e. The second-order valence-corrected chi connectivity index (χ2v) is 9.86. The number of sulfonamides is 1. The van der Waals surface area contributed by atoms with E-state index in [0.717, 1.165) is 22.1 Å². The normalized spacial score (nSPS) is 11.2. The molecule has 0 atom stereocenters. The number of anilines is 3. The van der Waals surface area contributed by atoms with Crippen LogP contribution < -0.4 is 15.4 Å². The summed E-state index contributed by atoms with van der Waals surface area (Å²) in [5.74, 6) is -0.715. The number of rotatable bonds is 6. The van der Waals surface area contributed by atoms with Gasteiger partial charge in [0.2, 0.25) is 5.91 Å². The fourth-order valence-electron chi connectivity index (χ4n) is 3.20. The molecule has 32 heavy (non-hydrogen) atoms. The van der Waals surface area contributed by atoms with Crippen molar-refractivity contribution in [2.75, 3.05) is 15.4 Å². The summed E-state index contributed by atoms with van der Waals surface area (Å²) in [4.78, 5) is 24.5. The van der Waals surface area contributed by atoms with E-state index in [1.807, 2.05) is 24.3 Å². The van der Waals surface area contributed by atoms with Crippen LogP contribution in [0.4, 0.5) is 17.1 Å². The highest BCUT2D eigenvalue weighted by atomic mass is 32.2. The molecule has 3 aromatic carbocycles. The molecule has 7 nitrogen and oxygen atoms in total. The van der Waals surface area contributed by atoms with Crippen molar-refractivity contribution in [3.8, 4) is 0 Å². The van der Waals surface area contributed by atoms with Crippen molar-refractivity contribution in [1.82, 2.24) is 0 Å². The fraction of sp³-hybridized carbons (Fsp3) is 0.0435. The van der Waals surface area contributed by atoms with E-state index in [1.54, 1.807) is 47.8 Å². The van der Waals surface area contributed by atoms with E-state index in [4.69, 9.17) is 0 Å². The van der Waals surface area contributed by atoms with Gasteiger partial charge in [-0.1, -0.05) is 36.4 Å². The first-order valence-corrected chi connectivity index (χ1v) is 12.0. The van der Waals surface area contributed by atoms with Crippen LogP contribution in [0.1, 0.15) is 17.3 Å². The quantitative estimate of drug-likeness (QED) is 0.376. The van der Waals surface area contributed by atoms with E-state index >= 15 is 0 Å². The van der Waals surface area contributed by atoms with Crippen LogP contribution in [-0.2, 0) is 14.8 Å². The van der Waals surface area contributed by atoms with Crippen LogP contribution in [0.15, 0.2) is 82.4 Å². The number of hydrogen-bond acceptors (Lipinski definition) is 5. The van der Waals surface area contributed by atoms with Gasteiger partial charge in [0.1, 0.15) is 4.21 Å². The molecule has 0 bridgehead atoms. The molecule has 0 saturated carbocycles. The van der Waals surface area contributed by atoms with Gasteiger partial charge in [0.05, 0.1) is 11.3 Å². The molecule has 3 N–H and O–H groups in total. The van der Waals surface area contributed by atoms with Crippen molar-refractivity contribution in [3.05, 3.63) is 83.7 Å². The van der Waals surface area contributed by atoms with Gasteiger partial charge in [-0.2, -0.15) is 0 Å². The van der Waals surface area contributed by atoms with E-state index in [-0.39, 0.29) is 21.4 Å². The van der Waals surface area contributed by atoms with E-state index in [9.17, 15) is 18.0 Å². The number of hydrogen-bond donors (Lipinski definition) is 3. The van der Waals surface area contributed by atoms with Crippen LogP contribution in [-0.4, -0.2) is 20.2 Å². The highest BCUT2D eigenvalue weighted by Gasteiger charge is 2.20. The highest BCUT2D eigenvalue weighted by Crippen LogP contribution is 2.28. The lowest BCUT2D eigenvalue weighted by molar-refractivity contribution is -0.114. The maximum atomic E-state index is 13.2. The summed E-state index contributed by atoms with van der Waals surface area (Å²) in [6, 6.07) is 20.5. The Kier molecular flexibility index (Phi) is 5.93. The number of amides is 2. The average Bonchev–Trinajstić information content (AvgIpc) is 3.29. The van der Waals surface area contributed by atoms with Gasteiger partial charge >= 0.3 is 0 Å². The fourth-order valence-corrected chi connectivity index (χ4v) is 5.26. The largest absolute Gasteiger partial charge is 0.326 e. The van der Waals surface area contributed by atoms with E-state index < -0.39 is 15.9 Å². The average molecular weight is 466 g/mol. The summed E-state index contributed by atoms with van der Waals surface area (Å²) in [6.45, 7) is 1.40. The van der Waals surface area contributed by atoms with Gasteiger partial charge in [-0.3, -0.25) is 14.3 Å². The second-order valence-electron chi connectivity index (χ2n) is 7.00. The molecule has 0 aliphatic carbocycles. The molecule has 162 valence electrons. The third kappa shape index (κ3) is 4.79. The number of benzene rings is 3. The molecule has 0 aliphatic heterocycles. The molecule has 2 amide bonds. The topological polar surface area (TPSA) is 104 Å². The summed E-state index contributed by atoms with van der Waals surface area (Å²) in [6.07, 6.45) is 0. The molecule has 9 heteroatoms. The van der Waals surface area contributed by atoms with Gasteiger partial charge in [-0.05, 0) is 52.6 Å². The maximum absolute atomic E-state index is 13.2. The monoisotopic (exact) mass is 465 g/mol. The summed E-state index contributed by atoms with van der Waals surface area (Å²) < 4.78 is 28.3. The lowest BCUT2D eigenvalue weighted by Crippen LogP contribution is -2.18. The Hall–Kier alpha value is -3.69. The van der Waals surface area contributed by atoms with Crippen molar-refractivity contribution >= 4 is 61.0 Å². The highest BCUT2D eigenvalue weighted by molar-refractivity contribution is 7.94. The second kappa shape index (κ2) is 8.81. The van der Waals surface area contributed by atoms with Crippen LogP contribution in [0.3, 0.4) is 0 Å². The van der Waals surface area contributed by atoms with Crippen molar-refractivity contribution in [2.45, 2.75) is 11.1 Å². The Morgan fingerprint density at radius 3 is 2.16 bits per heavy atom. The summed E-state index contributed by atoms with van der Waals surface area (Å²) in [5, 5.41) is 8.69. The molecule has 1 heterocycles. The Morgan fingerprint density at radius 1 is 0.812 bits per heavy atom. The number of nitrogens with one attached hydrogen (secondary N) is 3. The lowest BCUT2D eigenvalue weighted by Gasteiger charge is -2.14. The Balaban J connectivity index is 1.71. The van der Waals surface area contributed by atoms with Gasteiger partial charge in [0.25, 0.3) is 15.9 Å². The molecule has 0 radical (unpaired) electrons. The predicted molar refractivity (Wildman–Crippen MR) is 128 cm³/mol. The zero-order valence-corrected chi connectivity index (χ0v) is 18.6. The molecule has 0 aliphatic rings. The summed E-state index contributed by atoms with van der Waals surface area (Å²) >= 11 is 1.09. The van der Waals surface area contributed by atoms with E-state index in [0.29, 0.717) is 11.4 Å². The predicted octanol–water partition coefficient (Wildman–Crippen LogP) is 4.91. The van der Waals surface area contributed by atoms with Crippen molar-refractivity contribution < 1.29 is 18.0 Å². The molecular formula is C23H19N3O4S2. The Bertz CT molecular complexity index is 1410. The summed E-state index contributed by atoms with van der Waals surface area (Å²) in [7, 11) is -3.85. The molecule has 0 saturated heterocycles. The number of carbonyl (C=O) groups excluding carboxylic acids is 2. The Labute approximate surface area is 189 Å². The first-order valence-electron chi connectivity index (χ1n) is 9.60. The Morgan fingerprint density at radius 2 is 1.50 bits per heavy atom. The van der Waals surface area contributed by atoms with E-state index in [1.165, 1.54) is 13.0 Å². The van der Waals surface area contributed by atoms with E-state index in [2.05, 4.69) is 15.4 Å². The van der Waals surface area contributed by atoms with Crippen molar-refractivity contribution in [3.63, 3.8) is 0 Å². The minimum atomic E-state index is -3.85. The van der Waals surface area contributed by atoms with Crippen LogP contribution in [0, 0.1) is 0 Å². The third-order valence-corrected chi connectivity index (χ3v) is 7.34. The number of carbonyl (C=O) groups is 2. The van der Waals surface area contributed by atoms with Gasteiger partial charge in [-0.25, -0.2) is 8.42 Å². The number of fused-ring (bicyclic) bond motifs is 1. The van der Waals surface area contributed by atoms with Crippen LogP contribution in [0.5, 0.6) is 0 Å². The molecule has 4 aromatic rings. The minimum absolute atomic E-state index is 0.153. The zero-order valence-electron chi connectivity index (χ0n) is 17.0. The number of thiophene rings is 1. The van der Waals surface area contributed by atoms with Crippen molar-refractivity contribution in [1.29, 1.82) is 0 Å². The molecule has 0 fully saturated rings. The first kappa shape index (κ1) is 21.5. The van der Waals surface area contributed by atoms with Gasteiger partial charge in [-0.15, -0.1) is 11.3 Å². The van der Waals surface area contributed by atoms with Crippen LogP contribution in [0.2, 0.25) is 0 Å². The zero-order chi connectivity index (χ0) is 22.7. The minimum Gasteiger partial charge on any atom is -0.326 e.